The van der Waals surface area contributed by atoms with E-state index in [2.05, 4.69) is 17.6 Å². The number of carbonyl (C=O) groups excluding carboxylic acids is 2. The summed E-state index contributed by atoms with van der Waals surface area (Å²) >= 11 is 0. The van der Waals surface area contributed by atoms with Crippen molar-refractivity contribution >= 4 is 11.9 Å². The van der Waals surface area contributed by atoms with Crippen LogP contribution in [0, 0.1) is 5.92 Å². The van der Waals surface area contributed by atoms with Crippen molar-refractivity contribution in [3.63, 3.8) is 0 Å². The van der Waals surface area contributed by atoms with Gasteiger partial charge in [0.15, 0.2) is 6.04 Å². The van der Waals surface area contributed by atoms with Crippen LogP contribution in [-0.4, -0.2) is 31.6 Å². The molecule has 1 aliphatic heterocycles. The summed E-state index contributed by atoms with van der Waals surface area (Å²) in [5.74, 6) is 0.494. The van der Waals surface area contributed by atoms with Crippen LogP contribution in [0.25, 0.3) is 0 Å². The zero-order valence-corrected chi connectivity index (χ0v) is 13.4. The summed E-state index contributed by atoms with van der Waals surface area (Å²) in [7, 11) is 0. The molecule has 1 aromatic rings. The van der Waals surface area contributed by atoms with E-state index in [4.69, 9.17) is 0 Å². The lowest BCUT2D eigenvalue weighted by Gasteiger charge is -2.33. The van der Waals surface area contributed by atoms with Crippen LogP contribution < -0.4 is 15.5 Å². The molecule has 22 heavy (non-hydrogen) atoms. The largest absolute Gasteiger partial charge is 0.338 e. The monoisotopic (exact) mass is 304 g/mol. The Balaban J connectivity index is 2.15. The summed E-state index contributed by atoms with van der Waals surface area (Å²) in [6, 6.07) is 9.01. The second-order valence-corrected chi connectivity index (χ2v) is 6.03. The maximum Gasteiger partial charge on any atom is 0.321 e. The molecule has 1 heterocycles. The van der Waals surface area contributed by atoms with Crippen molar-refractivity contribution < 1.29 is 14.5 Å². The summed E-state index contributed by atoms with van der Waals surface area (Å²) in [5.41, 5.74) is 0.967. The number of hydrogen-bond acceptors (Lipinski definition) is 2. The first-order chi connectivity index (χ1) is 10.6. The van der Waals surface area contributed by atoms with Crippen molar-refractivity contribution in [2.45, 2.75) is 32.7 Å². The van der Waals surface area contributed by atoms with Crippen LogP contribution >= 0.6 is 0 Å². The number of quaternary nitrogens is 1. The topological polar surface area (TPSA) is 62.6 Å². The highest BCUT2D eigenvalue weighted by molar-refractivity contribution is 5.96. The third kappa shape index (κ3) is 4.31. The van der Waals surface area contributed by atoms with Crippen molar-refractivity contribution in [2.75, 3.05) is 19.6 Å². The molecular formula is C17H26N3O2+. The second-order valence-electron chi connectivity index (χ2n) is 6.03. The molecule has 0 spiro atoms. The van der Waals surface area contributed by atoms with Gasteiger partial charge >= 0.3 is 6.03 Å². The van der Waals surface area contributed by atoms with Crippen LogP contribution in [0.4, 0.5) is 4.79 Å². The fourth-order valence-electron chi connectivity index (χ4n) is 3.03. The number of benzene rings is 1. The summed E-state index contributed by atoms with van der Waals surface area (Å²) in [4.78, 5) is 25.5. The molecule has 0 radical (unpaired) electrons. The minimum absolute atomic E-state index is 0.221. The lowest BCUT2D eigenvalue weighted by molar-refractivity contribution is -0.927. The molecule has 1 aromatic carbocycles. The van der Waals surface area contributed by atoms with Crippen LogP contribution in [0.3, 0.4) is 0 Å². The SMILES string of the molecule is CCNC(=O)NC(=O)[C@H](c1ccccc1)[NH+]1CCC(C)CC1. The molecule has 2 rings (SSSR count). The third-order valence-corrected chi connectivity index (χ3v) is 4.29. The Kier molecular flexibility index (Phi) is 5.95. The number of nitrogens with one attached hydrogen (secondary N) is 3. The van der Waals surface area contributed by atoms with E-state index in [1.54, 1.807) is 0 Å². The van der Waals surface area contributed by atoms with Crippen LogP contribution in [0.2, 0.25) is 0 Å². The molecule has 3 amide bonds. The van der Waals surface area contributed by atoms with E-state index in [-0.39, 0.29) is 11.9 Å². The molecule has 0 unspecified atom stereocenters. The molecule has 1 atom stereocenters. The van der Waals surface area contributed by atoms with E-state index < -0.39 is 6.03 Å². The number of urea groups is 1. The molecule has 5 nitrogen and oxygen atoms in total. The Bertz CT molecular complexity index is 496. The van der Waals surface area contributed by atoms with Gasteiger partial charge in [-0.3, -0.25) is 10.1 Å². The van der Waals surface area contributed by atoms with Crippen molar-refractivity contribution in [3.05, 3.63) is 35.9 Å². The van der Waals surface area contributed by atoms with Crippen LogP contribution in [0.15, 0.2) is 30.3 Å². The first-order valence-corrected chi connectivity index (χ1v) is 8.10. The van der Waals surface area contributed by atoms with Gasteiger partial charge in [0.05, 0.1) is 13.1 Å². The average molecular weight is 304 g/mol. The van der Waals surface area contributed by atoms with Gasteiger partial charge in [-0.25, -0.2) is 4.79 Å². The van der Waals surface area contributed by atoms with Gasteiger partial charge < -0.3 is 10.2 Å². The van der Waals surface area contributed by atoms with Gasteiger partial charge in [-0.2, -0.15) is 0 Å². The number of amides is 3. The lowest BCUT2D eigenvalue weighted by Crippen LogP contribution is -3.14. The van der Waals surface area contributed by atoms with Crippen molar-refractivity contribution in [1.82, 2.24) is 10.6 Å². The molecule has 0 aromatic heterocycles. The molecule has 0 aliphatic carbocycles. The fraction of sp³-hybridized carbons (Fsp3) is 0.529. The number of imide groups is 1. The van der Waals surface area contributed by atoms with E-state index in [1.165, 1.54) is 4.90 Å². The minimum Gasteiger partial charge on any atom is -0.338 e. The van der Waals surface area contributed by atoms with Gasteiger partial charge in [0.25, 0.3) is 5.91 Å². The van der Waals surface area contributed by atoms with Gasteiger partial charge in [-0.05, 0) is 25.7 Å². The van der Waals surface area contributed by atoms with Crippen molar-refractivity contribution in [3.8, 4) is 0 Å². The molecule has 1 saturated heterocycles. The highest BCUT2D eigenvalue weighted by Crippen LogP contribution is 2.14. The summed E-state index contributed by atoms with van der Waals surface area (Å²) in [6.07, 6.45) is 2.24. The Labute approximate surface area is 132 Å². The summed E-state index contributed by atoms with van der Waals surface area (Å²) < 4.78 is 0. The Morgan fingerprint density at radius 2 is 1.86 bits per heavy atom. The highest BCUT2D eigenvalue weighted by Gasteiger charge is 2.34. The zero-order chi connectivity index (χ0) is 15.9. The predicted molar refractivity (Wildman–Crippen MR) is 85.5 cm³/mol. The van der Waals surface area contributed by atoms with Crippen LogP contribution in [0.1, 0.15) is 38.3 Å². The van der Waals surface area contributed by atoms with E-state index in [0.29, 0.717) is 12.5 Å². The molecule has 0 bridgehead atoms. The number of hydrogen-bond donors (Lipinski definition) is 3. The minimum atomic E-state index is -0.418. The standard InChI is InChI=1S/C17H25N3O2/c1-3-18-17(22)19-16(21)15(14-7-5-4-6-8-14)20-11-9-13(2)10-12-20/h4-8,13,15H,3,9-12H2,1-2H3,(H2,18,19,21,22)/p+1/t15-/m0/s1. The molecule has 120 valence electrons. The third-order valence-electron chi connectivity index (χ3n) is 4.29. The first-order valence-electron chi connectivity index (χ1n) is 8.10. The molecule has 1 aliphatic rings. The number of likely N-dealkylation sites (tertiary alicyclic amines) is 1. The van der Waals surface area contributed by atoms with E-state index >= 15 is 0 Å². The van der Waals surface area contributed by atoms with Gasteiger partial charge in [-0.15, -0.1) is 0 Å². The molecular weight excluding hydrogens is 278 g/mol. The predicted octanol–water partition coefficient (Wildman–Crippen LogP) is 0.888. The lowest BCUT2D eigenvalue weighted by atomic mass is 9.95. The molecule has 1 fully saturated rings. The zero-order valence-electron chi connectivity index (χ0n) is 13.4. The summed E-state index contributed by atoms with van der Waals surface area (Å²) in [5, 5.41) is 5.09. The maximum atomic E-state index is 12.6. The van der Waals surface area contributed by atoms with Crippen molar-refractivity contribution in [1.29, 1.82) is 0 Å². The van der Waals surface area contributed by atoms with E-state index in [1.807, 2.05) is 37.3 Å². The summed E-state index contributed by atoms with van der Waals surface area (Å²) in [6.45, 7) is 6.51. The Hall–Kier alpha value is -1.88. The number of piperidine rings is 1. The van der Waals surface area contributed by atoms with Gasteiger partial charge in [0, 0.05) is 12.1 Å². The van der Waals surface area contributed by atoms with Crippen LogP contribution in [0.5, 0.6) is 0 Å². The maximum absolute atomic E-state index is 12.6. The number of rotatable bonds is 4. The van der Waals surface area contributed by atoms with Gasteiger partial charge in [0.2, 0.25) is 0 Å². The smallest absolute Gasteiger partial charge is 0.321 e. The Morgan fingerprint density at radius 1 is 1.23 bits per heavy atom. The molecule has 5 heteroatoms. The Morgan fingerprint density at radius 3 is 2.45 bits per heavy atom. The van der Waals surface area contributed by atoms with E-state index in [0.717, 1.165) is 31.5 Å². The molecule has 3 N–H and O–H groups in total. The van der Waals surface area contributed by atoms with Crippen LogP contribution in [-0.2, 0) is 4.79 Å². The normalized spacial score (nSPS) is 22.6. The second kappa shape index (κ2) is 7.94. The number of carbonyl (C=O) groups is 2. The van der Waals surface area contributed by atoms with Crippen molar-refractivity contribution in [2.24, 2.45) is 5.92 Å². The highest BCUT2D eigenvalue weighted by atomic mass is 16.2. The molecule has 0 saturated carbocycles. The van der Waals surface area contributed by atoms with E-state index in [9.17, 15) is 9.59 Å². The van der Waals surface area contributed by atoms with Gasteiger partial charge in [0.1, 0.15) is 0 Å². The average Bonchev–Trinajstić information content (AvgIpc) is 2.51. The quantitative estimate of drug-likeness (QED) is 0.773. The van der Waals surface area contributed by atoms with Gasteiger partial charge in [-0.1, -0.05) is 37.3 Å². The first kappa shape index (κ1) is 16.5. The fourth-order valence-corrected chi connectivity index (χ4v) is 3.03.